The molecule has 1 fully saturated rings. The van der Waals surface area contributed by atoms with E-state index in [-0.39, 0.29) is 0 Å². The third kappa shape index (κ3) is 1.81. The van der Waals surface area contributed by atoms with Crippen LogP contribution in [-0.2, 0) is 0 Å². The van der Waals surface area contributed by atoms with Gasteiger partial charge in [-0.15, -0.1) is 0 Å². The first-order valence-corrected chi connectivity index (χ1v) is 6.88. The van der Waals surface area contributed by atoms with Gasteiger partial charge in [0, 0.05) is 6.04 Å². The summed E-state index contributed by atoms with van der Waals surface area (Å²) in [4.78, 5) is 0. The number of hydrogen-bond donors (Lipinski definition) is 1. The molecule has 2 unspecified atom stereocenters. The SMILES string of the molecule is CCC1(CC)C(N)CC1c1ccc(C)cc1C. The number of nitrogens with two attached hydrogens (primary N) is 1. The first kappa shape index (κ1) is 12.6. The Kier molecular flexibility index (Phi) is 3.31. The van der Waals surface area contributed by atoms with Crippen molar-refractivity contribution in [1.82, 2.24) is 0 Å². The van der Waals surface area contributed by atoms with Gasteiger partial charge in [0.2, 0.25) is 0 Å². The molecule has 0 radical (unpaired) electrons. The van der Waals surface area contributed by atoms with Gasteiger partial charge >= 0.3 is 0 Å². The highest BCUT2D eigenvalue weighted by Crippen LogP contribution is 2.56. The highest BCUT2D eigenvalue weighted by atomic mass is 14.8. The maximum Gasteiger partial charge on any atom is 0.0107 e. The van der Waals surface area contributed by atoms with Crippen molar-refractivity contribution in [2.45, 2.75) is 58.9 Å². The van der Waals surface area contributed by atoms with E-state index in [4.69, 9.17) is 5.73 Å². The van der Waals surface area contributed by atoms with E-state index in [0.717, 1.165) is 6.42 Å². The summed E-state index contributed by atoms with van der Waals surface area (Å²) < 4.78 is 0. The highest BCUT2D eigenvalue weighted by Gasteiger charge is 2.51. The molecule has 0 amide bonds. The van der Waals surface area contributed by atoms with E-state index in [2.05, 4.69) is 45.9 Å². The monoisotopic (exact) mass is 231 g/mol. The van der Waals surface area contributed by atoms with E-state index in [0.29, 0.717) is 17.4 Å². The predicted molar refractivity (Wildman–Crippen MR) is 74.3 cm³/mol. The first-order chi connectivity index (χ1) is 8.05. The molecule has 2 rings (SSSR count). The summed E-state index contributed by atoms with van der Waals surface area (Å²) in [5.74, 6) is 0.674. The normalized spacial score (nSPS) is 26.6. The van der Waals surface area contributed by atoms with E-state index in [1.807, 2.05) is 0 Å². The molecule has 0 bridgehead atoms. The van der Waals surface area contributed by atoms with Crippen LogP contribution in [0.2, 0.25) is 0 Å². The van der Waals surface area contributed by atoms with E-state index < -0.39 is 0 Å². The number of hydrogen-bond acceptors (Lipinski definition) is 1. The van der Waals surface area contributed by atoms with Crippen LogP contribution in [0.1, 0.15) is 55.7 Å². The lowest BCUT2D eigenvalue weighted by atomic mass is 9.51. The van der Waals surface area contributed by atoms with Crippen LogP contribution >= 0.6 is 0 Å². The minimum atomic E-state index is 0.347. The quantitative estimate of drug-likeness (QED) is 0.838. The molecule has 2 atom stereocenters. The summed E-state index contributed by atoms with van der Waals surface area (Å²) in [6, 6.07) is 7.25. The van der Waals surface area contributed by atoms with Crippen molar-refractivity contribution in [1.29, 1.82) is 0 Å². The lowest BCUT2D eigenvalue weighted by molar-refractivity contribution is 0.0434. The molecule has 17 heavy (non-hydrogen) atoms. The average molecular weight is 231 g/mol. The van der Waals surface area contributed by atoms with Gasteiger partial charge in [-0.3, -0.25) is 0 Å². The van der Waals surface area contributed by atoms with Crippen LogP contribution in [0.4, 0.5) is 0 Å². The molecule has 0 heterocycles. The molecule has 1 aromatic rings. The summed E-state index contributed by atoms with van der Waals surface area (Å²) in [5.41, 5.74) is 11.0. The van der Waals surface area contributed by atoms with Gasteiger partial charge in [0.1, 0.15) is 0 Å². The van der Waals surface area contributed by atoms with E-state index in [1.54, 1.807) is 0 Å². The van der Waals surface area contributed by atoms with Crippen molar-refractivity contribution < 1.29 is 0 Å². The average Bonchev–Trinajstić information content (AvgIpc) is 2.29. The van der Waals surface area contributed by atoms with Gasteiger partial charge in [-0.1, -0.05) is 37.6 Å². The van der Waals surface area contributed by atoms with Crippen molar-refractivity contribution >= 4 is 0 Å². The lowest BCUT2D eigenvalue weighted by Crippen LogP contribution is -2.56. The van der Waals surface area contributed by atoms with Crippen molar-refractivity contribution in [2.75, 3.05) is 0 Å². The van der Waals surface area contributed by atoms with Crippen molar-refractivity contribution in [3.05, 3.63) is 34.9 Å². The van der Waals surface area contributed by atoms with Crippen LogP contribution in [0.5, 0.6) is 0 Å². The van der Waals surface area contributed by atoms with Crippen molar-refractivity contribution in [3.63, 3.8) is 0 Å². The summed E-state index contributed by atoms with van der Waals surface area (Å²) in [6.45, 7) is 8.98. The Bertz CT molecular complexity index is 404. The smallest absolute Gasteiger partial charge is 0.0107 e. The Balaban J connectivity index is 2.35. The largest absolute Gasteiger partial charge is 0.327 e. The minimum Gasteiger partial charge on any atom is -0.327 e. The molecule has 0 aromatic heterocycles. The second-order valence-electron chi connectivity index (χ2n) is 5.70. The maximum absolute atomic E-state index is 6.29. The molecular weight excluding hydrogens is 206 g/mol. The second kappa shape index (κ2) is 4.45. The molecule has 1 nitrogen and oxygen atoms in total. The highest BCUT2D eigenvalue weighted by molar-refractivity contribution is 5.37. The van der Waals surface area contributed by atoms with Gasteiger partial charge in [0.05, 0.1) is 0 Å². The Morgan fingerprint density at radius 3 is 2.35 bits per heavy atom. The molecule has 1 aliphatic rings. The molecule has 1 aliphatic carbocycles. The molecule has 0 spiro atoms. The Labute approximate surface area is 105 Å². The Morgan fingerprint density at radius 2 is 1.88 bits per heavy atom. The van der Waals surface area contributed by atoms with Gasteiger partial charge in [0.25, 0.3) is 0 Å². The number of rotatable bonds is 3. The van der Waals surface area contributed by atoms with Crippen molar-refractivity contribution in [2.24, 2.45) is 11.1 Å². The van der Waals surface area contributed by atoms with Crippen LogP contribution in [-0.4, -0.2) is 6.04 Å². The summed E-state index contributed by atoms with van der Waals surface area (Å²) >= 11 is 0. The zero-order chi connectivity index (χ0) is 12.6. The van der Waals surface area contributed by atoms with Gasteiger partial charge in [-0.2, -0.15) is 0 Å². The molecule has 1 heteroatoms. The zero-order valence-corrected chi connectivity index (χ0v) is 11.6. The molecule has 2 N–H and O–H groups in total. The van der Waals surface area contributed by atoms with Crippen LogP contribution in [0, 0.1) is 19.3 Å². The fourth-order valence-corrected chi connectivity index (χ4v) is 3.74. The second-order valence-corrected chi connectivity index (χ2v) is 5.70. The van der Waals surface area contributed by atoms with Crippen LogP contribution in [0.15, 0.2) is 18.2 Å². The molecule has 1 aromatic carbocycles. The van der Waals surface area contributed by atoms with Gasteiger partial charge in [-0.05, 0) is 55.6 Å². The van der Waals surface area contributed by atoms with Gasteiger partial charge in [-0.25, -0.2) is 0 Å². The number of aryl methyl sites for hydroxylation is 2. The molecule has 0 saturated heterocycles. The third-order valence-electron chi connectivity index (χ3n) is 5.04. The van der Waals surface area contributed by atoms with E-state index in [9.17, 15) is 0 Å². The Hall–Kier alpha value is -0.820. The van der Waals surface area contributed by atoms with E-state index in [1.165, 1.54) is 29.5 Å². The minimum absolute atomic E-state index is 0.347. The van der Waals surface area contributed by atoms with Crippen molar-refractivity contribution in [3.8, 4) is 0 Å². The first-order valence-electron chi connectivity index (χ1n) is 6.88. The predicted octanol–water partition coefficient (Wildman–Crippen LogP) is 3.92. The summed E-state index contributed by atoms with van der Waals surface area (Å²) in [6.07, 6.45) is 3.55. The van der Waals surface area contributed by atoms with E-state index >= 15 is 0 Å². The molecule has 94 valence electrons. The van der Waals surface area contributed by atoms with Gasteiger partial charge < -0.3 is 5.73 Å². The van der Waals surface area contributed by atoms with Crippen LogP contribution in [0.3, 0.4) is 0 Å². The molecule has 1 saturated carbocycles. The molecular formula is C16H25N. The summed E-state index contributed by atoms with van der Waals surface area (Å²) in [5, 5.41) is 0. The molecule has 0 aliphatic heterocycles. The number of benzene rings is 1. The zero-order valence-electron chi connectivity index (χ0n) is 11.6. The Morgan fingerprint density at radius 1 is 1.24 bits per heavy atom. The van der Waals surface area contributed by atoms with Crippen LogP contribution in [0.25, 0.3) is 0 Å². The van der Waals surface area contributed by atoms with Gasteiger partial charge in [0.15, 0.2) is 0 Å². The topological polar surface area (TPSA) is 26.0 Å². The van der Waals surface area contributed by atoms with Crippen LogP contribution < -0.4 is 5.73 Å². The third-order valence-corrected chi connectivity index (χ3v) is 5.04. The summed E-state index contributed by atoms with van der Waals surface area (Å²) in [7, 11) is 0. The fourth-order valence-electron chi connectivity index (χ4n) is 3.74. The fraction of sp³-hybridized carbons (Fsp3) is 0.625. The lowest BCUT2D eigenvalue weighted by Gasteiger charge is -2.55. The maximum atomic E-state index is 6.29. The standard InChI is InChI=1S/C16H25N/c1-5-16(6-2)14(10-15(16)17)13-8-7-11(3)9-12(13)4/h7-9,14-15H,5-6,10,17H2,1-4H3.